The Kier molecular flexibility index (Phi) is 9.47. The van der Waals surface area contributed by atoms with Crippen LogP contribution < -0.4 is 5.32 Å². The first-order valence-corrected chi connectivity index (χ1v) is 8.15. The van der Waals surface area contributed by atoms with E-state index < -0.39 is 0 Å². The summed E-state index contributed by atoms with van der Waals surface area (Å²) in [5.74, 6) is 0.745. The van der Waals surface area contributed by atoms with Gasteiger partial charge in [-0.05, 0) is 50.3 Å². The number of aryl methyl sites for hydroxylation is 1. The maximum Gasteiger partial charge on any atom is 0.193 e. The molecule has 0 radical (unpaired) electrons. The molecule has 1 aromatic rings. The van der Waals surface area contributed by atoms with Crippen molar-refractivity contribution >= 4 is 29.9 Å². The predicted octanol–water partition coefficient (Wildman–Crippen LogP) is 2.80. The predicted molar refractivity (Wildman–Crippen MR) is 103 cm³/mol. The number of rotatable bonds is 5. The SMILES string of the molecule is CCNC(=NCCCc1cccc(F)c1)N1CCC(O)CC1.I. The van der Waals surface area contributed by atoms with Crippen LogP contribution in [0.15, 0.2) is 29.3 Å². The van der Waals surface area contributed by atoms with Gasteiger partial charge in [0.2, 0.25) is 0 Å². The molecule has 23 heavy (non-hydrogen) atoms. The Labute approximate surface area is 155 Å². The second-order valence-corrected chi connectivity index (χ2v) is 5.69. The van der Waals surface area contributed by atoms with Crippen LogP contribution in [0.1, 0.15) is 31.7 Å². The zero-order valence-corrected chi connectivity index (χ0v) is 16.0. The van der Waals surface area contributed by atoms with Crippen LogP contribution in [0.3, 0.4) is 0 Å². The van der Waals surface area contributed by atoms with Gasteiger partial charge in [0.1, 0.15) is 5.82 Å². The van der Waals surface area contributed by atoms with Crippen LogP contribution in [0.4, 0.5) is 4.39 Å². The highest BCUT2D eigenvalue weighted by atomic mass is 127. The Hall–Kier alpha value is -0.890. The lowest BCUT2D eigenvalue weighted by Gasteiger charge is -2.32. The highest BCUT2D eigenvalue weighted by Crippen LogP contribution is 2.10. The fraction of sp³-hybridized carbons (Fsp3) is 0.588. The van der Waals surface area contributed by atoms with E-state index in [-0.39, 0.29) is 35.9 Å². The lowest BCUT2D eigenvalue weighted by Crippen LogP contribution is -2.46. The van der Waals surface area contributed by atoms with Crippen molar-refractivity contribution in [2.75, 3.05) is 26.2 Å². The lowest BCUT2D eigenvalue weighted by molar-refractivity contribution is 0.108. The molecular weight excluding hydrogens is 408 g/mol. The van der Waals surface area contributed by atoms with E-state index in [4.69, 9.17) is 0 Å². The zero-order chi connectivity index (χ0) is 15.8. The molecule has 0 saturated carbocycles. The third kappa shape index (κ3) is 7.03. The highest BCUT2D eigenvalue weighted by molar-refractivity contribution is 14.0. The average molecular weight is 435 g/mol. The maximum absolute atomic E-state index is 13.1. The fourth-order valence-corrected chi connectivity index (χ4v) is 2.66. The van der Waals surface area contributed by atoms with Gasteiger partial charge in [-0.25, -0.2) is 4.39 Å². The molecule has 1 saturated heterocycles. The molecule has 0 aromatic heterocycles. The molecule has 0 bridgehead atoms. The van der Waals surface area contributed by atoms with Gasteiger partial charge in [-0.1, -0.05) is 12.1 Å². The van der Waals surface area contributed by atoms with Crippen LogP contribution in [0, 0.1) is 5.82 Å². The molecule has 0 atom stereocenters. The lowest BCUT2D eigenvalue weighted by atomic mass is 10.1. The van der Waals surface area contributed by atoms with E-state index in [0.717, 1.165) is 63.4 Å². The topological polar surface area (TPSA) is 47.9 Å². The summed E-state index contributed by atoms with van der Waals surface area (Å²) in [7, 11) is 0. The van der Waals surface area contributed by atoms with E-state index in [1.807, 2.05) is 6.07 Å². The van der Waals surface area contributed by atoms with Gasteiger partial charge >= 0.3 is 0 Å². The molecule has 1 aromatic carbocycles. The van der Waals surface area contributed by atoms with Gasteiger partial charge < -0.3 is 15.3 Å². The number of hydrogen-bond donors (Lipinski definition) is 2. The third-order valence-electron chi connectivity index (χ3n) is 3.87. The summed E-state index contributed by atoms with van der Waals surface area (Å²) in [6.07, 6.45) is 3.15. The summed E-state index contributed by atoms with van der Waals surface area (Å²) >= 11 is 0. The molecule has 1 aliphatic rings. The van der Waals surface area contributed by atoms with Gasteiger partial charge in [-0.2, -0.15) is 0 Å². The van der Waals surface area contributed by atoms with E-state index in [1.54, 1.807) is 12.1 Å². The molecule has 1 aliphatic heterocycles. The second-order valence-electron chi connectivity index (χ2n) is 5.69. The molecule has 0 spiro atoms. The van der Waals surface area contributed by atoms with Gasteiger partial charge in [-0.15, -0.1) is 24.0 Å². The summed E-state index contributed by atoms with van der Waals surface area (Å²) in [6, 6.07) is 6.75. The molecule has 0 amide bonds. The summed E-state index contributed by atoms with van der Waals surface area (Å²) in [5, 5.41) is 12.9. The average Bonchev–Trinajstić information content (AvgIpc) is 2.51. The molecular formula is C17H27FIN3O. The Balaban J connectivity index is 0.00000264. The number of aliphatic hydroxyl groups is 1. The first-order chi connectivity index (χ1) is 10.7. The first-order valence-electron chi connectivity index (χ1n) is 8.15. The molecule has 6 heteroatoms. The molecule has 2 N–H and O–H groups in total. The number of aliphatic hydroxyl groups excluding tert-OH is 1. The van der Waals surface area contributed by atoms with Crippen molar-refractivity contribution in [3.05, 3.63) is 35.6 Å². The van der Waals surface area contributed by atoms with E-state index in [1.165, 1.54) is 6.07 Å². The number of guanidine groups is 1. The number of benzene rings is 1. The molecule has 130 valence electrons. The van der Waals surface area contributed by atoms with Crippen LogP contribution in [0.2, 0.25) is 0 Å². The van der Waals surface area contributed by atoms with Crippen LogP contribution in [-0.4, -0.2) is 48.2 Å². The number of aliphatic imine (C=N–C) groups is 1. The van der Waals surface area contributed by atoms with Crippen LogP contribution >= 0.6 is 24.0 Å². The van der Waals surface area contributed by atoms with Gasteiger partial charge in [0.15, 0.2) is 5.96 Å². The maximum atomic E-state index is 13.1. The summed E-state index contributed by atoms with van der Waals surface area (Å²) < 4.78 is 13.1. The number of nitrogens with one attached hydrogen (secondary N) is 1. The van der Waals surface area contributed by atoms with Gasteiger partial charge in [-0.3, -0.25) is 4.99 Å². The van der Waals surface area contributed by atoms with Gasteiger partial charge in [0, 0.05) is 26.2 Å². The monoisotopic (exact) mass is 435 g/mol. The van der Waals surface area contributed by atoms with E-state index >= 15 is 0 Å². The van der Waals surface area contributed by atoms with Crippen molar-refractivity contribution < 1.29 is 9.50 Å². The quantitative estimate of drug-likeness (QED) is 0.324. The van der Waals surface area contributed by atoms with Crippen molar-refractivity contribution in [2.45, 2.75) is 38.7 Å². The molecule has 0 unspecified atom stereocenters. The molecule has 1 fully saturated rings. The zero-order valence-electron chi connectivity index (χ0n) is 13.7. The molecule has 1 heterocycles. The highest BCUT2D eigenvalue weighted by Gasteiger charge is 2.19. The Morgan fingerprint density at radius 3 is 2.78 bits per heavy atom. The second kappa shape index (κ2) is 10.8. The number of likely N-dealkylation sites (tertiary alicyclic amines) is 1. The Bertz CT molecular complexity index is 490. The van der Waals surface area contributed by atoms with Crippen LogP contribution in [0.25, 0.3) is 0 Å². The minimum Gasteiger partial charge on any atom is -0.393 e. The summed E-state index contributed by atoms with van der Waals surface area (Å²) in [5.41, 5.74) is 1.02. The summed E-state index contributed by atoms with van der Waals surface area (Å²) in [6.45, 7) is 5.30. The van der Waals surface area contributed by atoms with Crippen molar-refractivity contribution in [3.8, 4) is 0 Å². The standard InChI is InChI=1S/C17H26FN3O.HI/c1-2-19-17(21-11-8-16(22)9-12-21)20-10-4-6-14-5-3-7-15(18)13-14;/h3,5,7,13,16,22H,2,4,6,8-12H2,1H3,(H,19,20);1H. The molecule has 0 aliphatic carbocycles. The first kappa shape index (κ1) is 20.2. The van der Waals surface area contributed by atoms with Crippen LogP contribution in [-0.2, 0) is 6.42 Å². The normalized spacial score (nSPS) is 16.1. The van der Waals surface area contributed by atoms with Crippen molar-refractivity contribution in [1.82, 2.24) is 10.2 Å². The smallest absolute Gasteiger partial charge is 0.193 e. The van der Waals surface area contributed by atoms with Crippen molar-refractivity contribution in [2.24, 2.45) is 4.99 Å². The van der Waals surface area contributed by atoms with E-state index in [9.17, 15) is 9.50 Å². The van der Waals surface area contributed by atoms with E-state index in [2.05, 4.69) is 22.1 Å². The van der Waals surface area contributed by atoms with Crippen molar-refractivity contribution in [3.63, 3.8) is 0 Å². The minimum absolute atomic E-state index is 0. The molecule has 4 nitrogen and oxygen atoms in total. The number of piperidine rings is 1. The van der Waals surface area contributed by atoms with Gasteiger partial charge in [0.25, 0.3) is 0 Å². The summed E-state index contributed by atoms with van der Waals surface area (Å²) in [4.78, 5) is 6.86. The number of nitrogens with zero attached hydrogens (tertiary/aromatic N) is 2. The number of halogens is 2. The van der Waals surface area contributed by atoms with Crippen LogP contribution in [0.5, 0.6) is 0 Å². The number of hydrogen-bond acceptors (Lipinski definition) is 2. The molecule has 2 rings (SSSR count). The Morgan fingerprint density at radius 2 is 2.13 bits per heavy atom. The minimum atomic E-state index is -0.179. The fourth-order valence-electron chi connectivity index (χ4n) is 2.66. The largest absolute Gasteiger partial charge is 0.393 e. The Morgan fingerprint density at radius 1 is 1.39 bits per heavy atom. The van der Waals surface area contributed by atoms with Crippen molar-refractivity contribution in [1.29, 1.82) is 0 Å². The third-order valence-corrected chi connectivity index (χ3v) is 3.87. The van der Waals surface area contributed by atoms with Gasteiger partial charge in [0.05, 0.1) is 6.10 Å². The van der Waals surface area contributed by atoms with E-state index in [0.29, 0.717) is 0 Å².